The first-order chi connectivity index (χ1) is 21.6. The second-order valence-electron chi connectivity index (χ2n) is 12.7. The van der Waals surface area contributed by atoms with Gasteiger partial charge in [-0.3, -0.25) is 4.90 Å². The van der Waals surface area contributed by atoms with Gasteiger partial charge in [-0.1, -0.05) is 97.1 Å². The van der Waals surface area contributed by atoms with E-state index in [4.69, 9.17) is 4.99 Å². The van der Waals surface area contributed by atoms with E-state index in [1.807, 2.05) is 0 Å². The number of aliphatic imine (C=N–C) groups is 1. The molecule has 2 aliphatic carbocycles. The molecule has 9 rings (SSSR count). The van der Waals surface area contributed by atoms with Gasteiger partial charge >= 0.3 is 0 Å². The molecule has 5 aromatic rings. The zero-order valence-corrected chi connectivity index (χ0v) is 24.9. The molecule has 0 aromatic heterocycles. The van der Waals surface area contributed by atoms with Crippen molar-refractivity contribution >= 4 is 34.1 Å². The van der Waals surface area contributed by atoms with Crippen molar-refractivity contribution in [3.05, 3.63) is 150 Å². The van der Waals surface area contributed by atoms with Gasteiger partial charge in [-0.2, -0.15) is 0 Å². The molecule has 2 N–H and O–H groups in total. The number of rotatable bonds is 3. The number of hydrogen-bond donors (Lipinski definition) is 1. The summed E-state index contributed by atoms with van der Waals surface area (Å²) in [5.74, 6) is 1.12. The standard InChI is InChI=1S/C41H33N3/c1-41-23-8-7-16-38(41)42-39-36-26-31(30-19-21-35-32(24-30)18-17-28-12-5-6-15-34(28)35)20-22-37(36)44(40(39)43-41)33-14-9-13-29(25-33)27-10-3-2-4-11-27/h2-5,7-14,16-22,24-26,39,42H,6,15,23H2,1H3/p+1. The van der Waals surface area contributed by atoms with Gasteiger partial charge in [-0.25, -0.2) is 4.99 Å². The molecule has 4 aliphatic rings. The summed E-state index contributed by atoms with van der Waals surface area (Å²) in [5.41, 5.74) is 12.6. The van der Waals surface area contributed by atoms with E-state index in [1.165, 1.54) is 61.1 Å². The van der Waals surface area contributed by atoms with E-state index >= 15 is 0 Å². The zero-order chi connectivity index (χ0) is 29.3. The van der Waals surface area contributed by atoms with Crippen LogP contribution in [0, 0.1) is 0 Å². The Hall–Kier alpha value is -4.99. The second-order valence-corrected chi connectivity index (χ2v) is 12.7. The second kappa shape index (κ2) is 9.77. The van der Waals surface area contributed by atoms with Gasteiger partial charge in [0.1, 0.15) is 11.2 Å². The largest absolute Gasteiger partial charge is 0.303 e. The average molecular weight is 569 g/mol. The number of hydrogen-bond acceptors (Lipinski definition) is 2. The number of nitrogens with zero attached hydrogens (tertiary/aromatic N) is 2. The van der Waals surface area contributed by atoms with Crippen LogP contribution in [0.25, 0.3) is 39.1 Å². The number of quaternary nitrogens is 1. The highest BCUT2D eigenvalue weighted by Gasteiger charge is 2.48. The fourth-order valence-corrected chi connectivity index (χ4v) is 7.61. The Morgan fingerprint density at radius 3 is 2.57 bits per heavy atom. The molecule has 0 saturated heterocycles. The predicted molar refractivity (Wildman–Crippen MR) is 183 cm³/mol. The molecule has 0 saturated carbocycles. The highest BCUT2D eigenvalue weighted by atomic mass is 15.3. The maximum Gasteiger partial charge on any atom is 0.177 e. The van der Waals surface area contributed by atoms with Crippen LogP contribution in [-0.2, 0) is 6.42 Å². The summed E-state index contributed by atoms with van der Waals surface area (Å²) in [7, 11) is 0. The third-order valence-corrected chi connectivity index (χ3v) is 9.94. The number of benzene rings is 5. The van der Waals surface area contributed by atoms with E-state index in [0.717, 1.165) is 30.8 Å². The van der Waals surface area contributed by atoms with Gasteiger partial charge in [0.2, 0.25) is 0 Å². The lowest BCUT2D eigenvalue weighted by molar-refractivity contribution is -0.641. The van der Waals surface area contributed by atoms with Crippen LogP contribution in [0.4, 0.5) is 11.4 Å². The van der Waals surface area contributed by atoms with Crippen molar-refractivity contribution in [3.8, 4) is 22.3 Å². The van der Waals surface area contributed by atoms with E-state index in [-0.39, 0.29) is 11.6 Å². The molecule has 5 aromatic carbocycles. The zero-order valence-electron chi connectivity index (χ0n) is 24.9. The number of anilines is 2. The molecule has 0 radical (unpaired) electrons. The van der Waals surface area contributed by atoms with Crippen LogP contribution in [0.2, 0.25) is 0 Å². The van der Waals surface area contributed by atoms with E-state index in [1.54, 1.807) is 0 Å². The maximum absolute atomic E-state index is 5.54. The number of aryl methyl sites for hydroxylation is 1. The molecule has 44 heavy (non-hydrogen) atoms. The Morgan fingerprint density at radius 1 is 0.795 bits per heavy atom. The Bertz CT molecular complexity index is 2100. The molecule has 0 spiro atoms. The third kappa shape index (κ3) is 3.97. The van der Waals surface area contributed by atoms with E-state index in [2.05, 4.69) is 151 Å². The van der Waals surface area contributed by atoms with Crippen LogP contribution in [0.3, 0.4) is 0 Å². The Labute approximate surface area is 258 Å². The van der Waals surface area contributed by atoms with Gasteiger partial charge in [0, 0.05) is 17.7 Å². The Kier molecular flexibility index (Phi) is 5.66. The van der Waals surface area contributed by atoms with Gasteiger partial charge in [-0.05, 0) is 100 Å². The summed E-state index contributed by atoms with van der Waals surface area (Å²) < 4.78 is 0. The van der Waals surface area contributed by atoms with Crippen LogP contribution in [0.5, 0.6) is 0 Å². The molecule has 0 amide bonds. The molecule has 0 fully saturated rings. The minimum Gasteiger partial charge on any atom is -0.303 e. The molecule has 0 bridgehead atoms. The maximum atomic E-state index is 5.54. The topological polar surface area (TPSA) is 32.2 Å². The number of amidine groups is 1. The van der Waals surface area contributed by atoms with Crippen molar-refractivity contribution in [2.75, 3.05) is 4.90 Å². The van der Waals surface area contributed by atoms with Gasteiger partial charge in [0.05, 0.1) is 5.69 Å². The molecule has 212 valence electrons. The molecule has 3 nitrogen and oxygen atoms in total. The number of nitrogens with two attached hydrogens (primary N) is 1. The molecule has 2 unspecified atom stereocenters. The third-order valence-electron chi connectivity index (χ3n) is 9.94. The summed E-state index contributed by atoms with van der Waals surface area (Å²) in [6.45, 7) is 2.28. The molecular formula is C41H34N3+. The fourth-order valence-electron chi connectivity index (χ4n) is 7.61. The molecular weight excluding hydrogens is 534 g/mol. The summed E-state index contributed by atoms with van der Waals surface area (Å²) in [6.07, 6.45) is 14.4. The SMILES string of the molecule is CC12CC=CC=C1[NH2+]C1C(=N2)N(c2cccc(-c3ccccc3)c2)c2ccc(-c3ccc4c5c(ccc4c3)C=CCC5)cc21. The van der Waals surface area contributed by atoms with Crippen LogP contribution >= 0.6 is 0 Å². The monoisotopic (exact) mass is 568 g/mol. The van der Waals surface area contributed by atoms with Crippen LogP contribution in [0.1, 0.15) is 42.5 Å². The fraction of sp³-hybridized carbons (Fsp3) is 0.146. The summed E-state index contributed by atoms with van der Waals surface area (Å²) in [5, 5.41) is 5.17. The number of fused-ring (bicyclic) bond motifs is 7. The first-order valence-electron chi connectivity index (χ1n) is 15.8. The first kappa shape index (κ1) is 25.5. The smallest absolute Gasteiger partial charge is 0.177 e. The normalized spacial score (nSPS) is 21.3. The van der Waals surface area contributed by atoms with Gasteiger partial charge < -0.3 is 5.32 Å². The highest BCUT2D eigenvalue weighted by Crippen LogP contribution is 2.46. The van der Waals surface area contributed by atoms with Crippen molar-refractivity contribution in [1.29, 1.82) is 0 Å². The highest BCUT2D eigenvalue weighted by molar-refractivity contribution is 6.13. The van der Waals surface area contributed by atoms with Crippen LogP contribution < -0.4 is 10.2 Å². The molecule has 2 atom stereocenters. The van der Waals surface area contributed by atoms with Gasteiger partial charge in [0.25, 0.3) is 0 Å². The minimum atomic E-state index is -0.243. The van der Waals surface area contributed by atoms with Gasteiger partial charge in [0.15, 0.2) is 11.9 Å². The molecule has 2 heterocycles. The lowest BCUT2D eigenvalue weighted by atomic mass is 9.87. The minimum absolute atomic E-state index is 0.107. The Balaban J connectivity index is 1.18. The molecule has 3 heteroatoms. The lowest BCUT2D eigenvalue weighted by Gasteiger charge is -2.35. The molecule has 2 aliphatic heterocycles. The van der Waals surface area contributed by atoms with Crippen LogP contribution in [-0.4, -0.2) is 11.4 Å². The summed E-state index contributed by atoms with van der Waals surface area (Å²) in [6, 6.07) is 38.3. The van der Waals surface area contributed by atoms with Crippen LogP contribution in [0.15, 0.2) is 138 Å². The van der Waals surface area contributed by atoms with E-state index in [0.29, 0.717) is 0 Å². The first-order valence-corrected chi connectivity index (χ1v) is 15.8. The lowest BCUT2D eigenvalue weighted by Crippen LogP contribution is -2.89. The average Bonchev–Trinajstić information content (AvgIpc) is 3.38. The number of allylic oxidation sites excluding steroid dienone is 3. The summed E-state index contributed by atoms with van der Waals surface area (Å²) in [4.78, 5) is 7.95. The quantitative estimate of drug-likeness (QED) is 0.232. The van der Waals surface area contributed by atoms with Crippen molar-refractivity contribution < 1.29 is 5.32 Å². The van der Waals surface area contributed by atoms with Gasteiger partial charge in [-0.15, -0.1) is 0 Å². The summed E-state index contributed by atoms with van der Waals surface area (Å²) >= 11 is 0. The van der Waals surface area contributed by atoms with Crippen molar-refractivity contribution in [2.24, 2.45) is 4.99 Å². The van der Waals surface area contributed by atoms with E-state index < -0.39 is 0 Å². The predicted octanol–water partition coefficient (Wildman–Crippen LogP) is 8.90. The Morgan fingerprint density at radius 2 is 1.64 bits per heavy atom. The van der Waals surface area contributed by atoms with Crippen molar-refractivity contribution in [2.45, 2.75) is 37.8 Å². The van der Waals surface area contributed by atoms with Crippen molar-refractivity contribution in [1.82, 2.24) is 0 Å². The van der Waals surface area contributed by atoms with E-state index in [9.17, 15) is 0 Å². The van der Waals surface area contributed by atoms with Crippen molar-refractivity contribution in [3.63, 3.8) is 0 Å².